The molecule has 17 heavy (non-hydrogen) atoms. The van der Waals surface area contributed by atoms with Gasteiger partial charge in [0, 0.05) is 12.2 Å². The Labute approximate surface area is 106 Å². The van der Waals surface area contributed by atoms with E-state index in [-0.39, 0.29) is 11.7 Å². The van der Waals surface area contributed by atoms with Crippen LogP contribution in [0, 0.1) is 0 Å². The fraction of sp³-hybridized carbons (Fsp3) is 0.333. The van der Waals surface area contributed by atoms with Gasteiger partial charge in [-0.15, -0.1) is 0 Å². The van der Waals surface area contributed by atoms with Gasteiger partial charge in [-0.05, 0) is 5.56 Å². The molecule has 0 fully saturated rings. The fourth-order valence-corrected chi connectivity index (χ4v) is 1.50. The average Bonchev–Trinajstić information content (AvgIpc) is 2.38. The maximum absolute atomic E-state index is 11.5. The van der Waals surface area contributed by atoms with E-state index in [9.17, 15) is 9.59 Å². The van der Waals surface area contributed by atoms with Crippen LogP contribution in [0.1, 0.15) is 5.56 Å². The number of hydrogen-bond donors (Lipinski definition) is 3. The van der Waals surface area contributed by atoms with E-state index in [1.807, 2.05) is 30.3 Å². The molecule has 0 bridgehead atoms. The Hall–Kier alpha value is -1.33. The topological polar surface area (TPSA) is 72.2 Å². The van der Waals surface area contributed by atoms with Crippen LogP contribution < -0.4 is 11.1 Å². The van der Waals surface area contributed by atoms with Crippen LogP contribution in [0.25, 0.3) is 0 Å². The zero-order valence-electron chi connectivity index (χ0n) is 9.30. The zero-order valence-corrected chi connectivity index (χ0v) is 10.2. The number of benzene rings is 1. The van der Waals surface area contributed by atoms with Crippen LogP contribution in [0.3, 0.4) is 0 Å². The minimum absolute atomic E-state index is 0.239. The van der Waals surface area contributed by atoms with Crippen molar-refractivity contribution in [2.75, 3.05) is 5.75 Å². The third kappa shape index (κ3) is 4.58. The van der Waals surface area contributed by atoms with Crippen LogP contribution in [0.2, 0.25) is 0 Å². The highest BCUT2D eigenvalue weighted by Gasteiger charge is 2.17. The van der Waals surface area contributed by atoms with Crippen molar-refractivity contribution in [2.24, 2.45) is 5.73 Å². The highest BCUT2D eigenvalue weighted by Crippen LogP contribution is 2.02. The largest absolute Gasteiger partial charge is 0.344 e. The molecule has 0 saturated carbocycles. The summed E-state index contributed by atoms with van der Waals surface area (Å²) in [5.41, 5.74) is 6.45. The van der Waals surface area contributed by atoms with Crippen molar-refractivity contribution in [3.63, 3.8) is 0 Å². The summed E-state index contributed by atoms with van der Waals surface area (Å²) in [6.45, 7) is 0. The summed E-state index contributed by atoms with van der Waals surface area (Å²) in [5.74, 6) is -0.146. The van der Waals surface area contributed by atoms with E-state index in [1.54, 1.807) is 6.29 Å². The number of thiol groups is 1. The molecule has 0 spiro atoms. The lowest BCUT2D eigenvalue weighted by Crippen LogP contribution is -2.47. The minimum Gasteiger partial charge on any atom is -0.344 e. The van der Waals surface area contributed by atoms with Gasteiger partial charge < -0.3 is 11.1 Å². The normalized spacial score (nSPS) is 13.8. The molecular formula is C12H15N2O2S. The molecule has 1 aromatic rings. The predicted octanol–water partition coefficient (Wildman–Crippen LogP) is 0.0807. The molecule has 1 amide bonds. The van der Waals surface area contributed by atoms with Crippen molar-refractivity contribution < 1.29 is 9.59 Å². The van der Waals surface area contributed by atoms with Gasteiger partial charge in [-0.2, -0.15) is 12.6 Å². The maximum atomic E-state index is 11.5. The van der Waals surface area contributed by atoms with E-state index in [2.05, 4.69) is 17.9 Å². The lowest BCUT2D eigenvalue weighted by atomic mass is 10.1. The summed E-state index contributed by atoms with van der Waals surface area (Å²) in [6, 6.07) is 8.03. The van der Waals surface area contributed by atoms with Crippen molar-refractivity contribution in [1.29, 1.82) is 0 Å². The molecule has 0 aliphatic carbocycles. The number of hydrogen-bond acceptors (Lipinski definition) is 4. The summed E-state index contributed by atoms with van der Waals surface area (Å²) in [7, 11) is 0. The van der Waals surface area contributed by atoms with E-state index in [1.165, 1.54) is 0 Å². The standard InChI is InChI=1S/C12H15N2O2S/c13-11(8-17)12(16)14-10(7-15)6-9-4-2-1-3-5-9/h1-5,10-11,17H,6,8,13H2,(H,14,16)/t10-,11-/m0/s1. The van der Waals surface area contributed by atoms with Gasteiger partial charge in [0.25, 0.3) is 0 Å². The van der Waals surface area contributed by atoms with Gasteiger partial charge in [0.15, 0.2) is 0 Å². The van der Waals surface area contributed by atoms with E-state index in [4.69, 9.17) is 5.73 Å². The number of nitrogens with one attached hydrogen (secondary N) is 1. The molecule has 2 atom stereocenters. The molecule has 3 N–H and O–H groups in total. The molecule has 5 heteroatoms. The van der Waals surface area contributed by atoms with Crippen molar-refractivity contribution in [3.8, 4) is 0 Å². The van der Waals surface area contributed by atoms with Crippen LogP contribution >= 0.6 is 12.6 Å². The van der Waals surface area contributed by atoms with Crippen LogP contribution in [0.5, 0.6) is 0 Å². The van der Waals surface area contributed by atoms with Gasteiger partial charge in [0.1, 0.15) is 0 Å². The van der Waals surface area contributed by atoms with Crippen molar-refractivity contribution in [1.82, 2.24) is 5.32 Å². The van der Waals surface area contributed by atoms with Gasteiger partial charge in [0.05, 0.1) is 12.1 Å². The van der Waals surface area contributed by atoms with Gasteiger partial charge in [0.2, 0.25) is 12.2 Å². The molecule has 0 aliphatic heterocycles. The number of nitrogens with two attached hydrogens (primary N) is 1. The average molecular weight is 251 g/mol. The summed E-state index contributed by atoms with van der Waals surface area (Å²) < 4.78 is 0. The first kappa shape index (κ1) is 13.7. The Morgan fingerprint density at radius 2 is 2.06 bits per heavy atom. The molecule has 0 aliphatic rings. The number of rotatable bonds is 6. The predicted molar refractivity (Wildman–Crippen MR) is 69.6 cm³/mol. The van der Waals surface area contributed by atoms with E-state index in [0.29, 0.717) is 6.42 Å². The monoisotopic (exact) mass is 251 g/mol. The van der Waals surface area contributed by atoms with Crippen molar-refractivity contribution in [3.05, 3.63) is 35.9 Å². The van der Waals surface area contributed by atoms with Crippen molar-refractivity contribution >= 4 is 24.8 Å². The Bertz CT molecular complexity index is 370. The molecule has 0 saturated heterocycles. The molecule has 1 rings (SSSR count). The highest BCUT2D eigenvalue weighted by molar-refractivity contribution is 7.80. The molecule has 91 valence electrons. The number of carbonyl (C=O) groups excluding carboxylic acids is 2. The van der Waals surface area contributed by atoms with Crippen molar-refractivity contribution in [2.45, 2.75) is 18.5 Å². The van der Waals surface area contributed by atoms with E-state index in [0.717, 1.165) is 5.56 Å². The second-order valence-electron chi connectivity index (χ2n) is 3.66. The molecule has 1 aromatic carbocycles. The van der Waals surface area contributed by atoms with Gasteiger partial charge in [-0.3, -0.25) is 9.59 Å². The van der Waals surface area contributed by atoms with Gasteiger partial charge in [-0.1, -0.05) is 30.3 Å². The fourth-order valence-electron chi connectivity index (χ4n) is 1.33. The number of carbonyl (C=O) groups is 1. The molecule has 0 unspecified atom stereocenters. The quantitative estimate of drug-likeness (QED) is 0.627. The minimum atomic E-state index is -0.704. The summed E-state index contributed by atoms with van der Waals surface area (Å²) in [6.07, 6.45) is 2.21. The summed E-state index contributed by atoms with van der Waals surface area (Å²) in [4.78, 5) is 22.2. The lowest BCUT2D eigenvalue weighted by molar-refractivity contribution is -0.122. The molecular weight excluding hydrogens is 236 g/mol. The van der Waals surface area contributed by atoms with Gasteiger partial charge in [-0.25, -0.2) is 0 Å². The van der Waals surface area contributed by atoms with E-state index >= 15 is 0 Å². The molecule has 0 aromatic heterocycles. The first-order valence-corrected chi connectivity index (χ1v) is 5.89. The Morgan fingerprint density at radius 1 is 1.41 bits per heavy atom. The zero-order chi connectivity index (χ0) is 12.7. The lowest BCUT2D eigenvalue weighted by Gasteiger charge is -2.14. The SMILES string of the molecule is N[C@@H](CS)C(=O)N[C@H]([C]=O)Cc1ccccc1. The first-order valence-electron chi connectivity index (χ1n) is 5.25. The van der Waals surface area contributed by atoms with E-state index < -0.39 is 12.1 Å². The molecule has 1 radical (unpaired) electrons. The second kappa shape index (κ2) is 7.09. The smallest absolute Gasteiger partial charge is 0.238 e. The first-order chi connectivity index (χ1) is 8.17. The van der Waals surface area contributed by atoms with Gasteiger partial charge >= 0.3 is 0 Å². The number of amides is 1. The van der Waals surface area contributed by atoms with Crippen LogP contribution in [-0.4, -0.2) is 30.0 Å². The third-order valence-electron chi connectivity index (χ3n) is 2.27. The van der Waals surface area contributed by atoms with Crippen LogP contribution in [-0.2, 0) is 16.0 Å². The summed E-state index contributed by atoms with van der Waals surface area (Å²) >= 11 is 3.92. The summed E-state index contributed by atoms with van der Waals surface area (Å²) in [5, 5.41) is 2.53. The van der Waals surface area contributed by atoms with Crippen LogP contribution in [0.15, 0.2) is 30.3 Å². The third-order valence-corrected chi connectivity index (χ3v) is 2.67. The Kier molecular flexibility index (Phi) is 5.72. The van der Waals surface area contributed by atoms with Crippen LogP contribution in [0.4, 0.5) is 0 Å². The Morgan fingerprint density at radius 3 is 2.59 bits per heavy atom. The second-order valence-corrected chi connectivity index (χ2v) is 4.02. The molecule has 4 nitrogen and oxygen atoms in total. The maximum Gasteiger partial charge on any atom is 0.238 e. The highest BCUT2D eigenvalue weighted by atomic mass is 32.1. The Balaban J connectivity index is 2.55. The molecule has 0 heterocycles.